The molecule has 2 N–H and O–H groups in total. The van der Waals surface area contributed by atoms with Crippen molar-refractivity contribution in [3.8, 4) is 0 Å². The lowest BCUT2D eigenvalue weighted by Crippen LogP contribution is -2.37. The highest BCUT2D eigenvalue weighted by atomic mass is 79.9. The van der Waals surface area contributed by atoms with Gasteiger partial charge >= 0.3 is 0 Å². The van der Waals surface area contributed by atoms with Gasteiger partial charge in [0.2, 0.25) is 0 Å². The molecule has 0 saturated carbocycles. The number of pyridine rings is 1. The third kappa shape index (κ3) is 3.43. The lowest BCUT2D eigenvalue weighted by Gasteiger charge is -2.14. The third-order valence-corrected chi connectivity index (χ3v) is 2.83. The van der Waals surface area contributed by atoms with E-state index in [1.54, 1.807) is 6.07 Å². The number of nitrogens with one attached hydrogen (secondary N) is 1. The Morgan fingerprint density at radius 2 is 2.44 bits per heavy atom. The number of carbonyl (C=O) groups excluding carboxylic acids is 1. The molecule has 0 aromatic carbocycles. The van der Waals surface area contributed by atoms with Crippen molar-refractivity contribution in [1.82, 2.24) is 10.3 Å². The Morgan fingerprint density at radius 1 is 1.75 bits per heavy atom. The summed E-state index contributed by atoms with van der Waals surface area (Å²) in [5, 5.41) is 11.8. The molecule has 0 bridgehead atoms. The largest absolute Gasteiger partial charge is 0.394 e. The molecule has 6 heteroatoms. The zero-order valence-electron chi connectivity index (χ0n) is 8.70. The van der Waals surface area contributed by atoms with Crippen molar-refractivity contribution in [1.29, 1.82) is 0 Å². The molecule has 1 rings (SSSR count). The fourth-order valence-electron chi connectivity index (χ4n) is 1.12. The first-order valence-corrected chi connectivity index (χ1v) is 5.98. The van der Waals surface area contributed by atoms with Gasteiger partial charge in [0.25, 0.3) is 5.91 Å². The molecule has 1 aromatic heterocycles. The van der Waals surface area contributed by atoms with Gasteiger partial charge in [-0.05, 0) is 28.4 Å². The average Bonchev–Trinajstić information content (AvgIpc) is 2.28. The van der Waals surface area contributed by atoms with Crippen molar-refractivity contribution in [2.75, 3.05) is 6.61 Å². The Kier molecular flexibility index (Phi) is 5.18. The second kappa shape index (κ2) is 6.18. The molecule has 88 valence electrons. The molecule has 1 amide bonds. The van der Waals surface area contributed by atoms with Crippen molar-refractivity contribution in [2.24, 2.45) is 0 Å². The fraction of sp³-hybridized carbons (Fsp3) is 0.400. The van der Waals surface area contributed by atoms with Crippen LogP contribution in [0.1, 0.15) is 23.7 Å². The molecule has 1 atom stereocenters. The van der Waals surface area contributed by atoms with Crippen LogP contribution >= 0.6 is 27.5 Å². The highest BCUT2D eigenvalue weighted by Crippen LogP contribution is 2.18. The third-order valence-electron chi connectivity index (χ3n) is 2.10. The Morgan fingerprint density at radius 3 is 3.00 bits per heavy atom. The fourth-order valence-corrected chi connectivity index (χ4v) is 1.64. The SMILES string of the molecule is CCC(CO)NC(=O)c1cc(Br)cnc1Cl. The van der Waals surface area contributed by atoms with Crippen molar-refractivity contribution in [3.63, 3.8) is 0 Å². The minimum Gasteiger partial charge on any atom is -0.394 e. The maximum Gasteiger partial charge on any atom is 0.254 e. The lowest BCUT2D eigenvalue weighted by atomic mass is 10.2. The van der Waals surface area contributed by atoms with Gasteiger partial charge in [-0.1, -0.05) is 18.5 Å². The van der Waals surface area contributed by atoms with Crippen LogP contribution in [0, 0.1) is 0 Å². The monoisotopic (exact) mass is 306 g/mol. The normalized spacial score (nSPS) is 12.2. The zero-order chi connectivity index (χ0) is 12.1. The first-order chi connectivity index (χ1) is 7.58. The summed E-state index contributed by atoms with van der Waals surface area (Å²) >= 11 is 9.02. The van der Waals surface area contributed by atoms with Gasteiger partial charge in [-0.25, -0.2) is 4.98 Å². The van der Waals surface area contributed by atoms with Gasteiger partial charge in [-0.15, -0.1) is 0 Å². The summed E-state index contributed by atoms with van der Waals surface area (Å²) in [4.78, 5) is 15.6. The van der Waals surface area contributed by atoms with Crippen LogP contribution in [0.25, 0.3) is 0 Å². The van der Waals surface area contributed by atoms with Gasteiger partial charge in [0.15, 0.2) is 0 Å². The first-order valence-electron chi connectivity index (χ1n) is 4.81. The summed E-state index contributed by atoms with van der Waals surface area (Å²) in [6.07, 6.45) is 2.17. The lowest BCUT2D eigenvalue weighted by molar-refractivity contribution is 0.0914. The highest BCUT2D eigenvalue weighted by molar-refractivity contribution is 9.10. The molecule has 0 fully saturated rings. The Bertz CT molecular complexity index is 383. The van der Waals surface area contributed by atoms with E-state index in [9.17, 15) is 4.79 Å². The Hall–Kier alpha value is -0.650. The van der Waals surface area contributed by atoms with Gasteiger partial charge in [0.1, 0.15) is 5.15 Å². The van der Waals surface area contributed by atoms with E-state index in [1.165, 1.54) is 6.20 Å². The smallest absolute Gasteiger partial charge is 0.254 e. The van der Waals surface area contributed by atoms with Crippen LogP contribution in [0.4, 0.5) is 0 Å². The predicted molar refractivity (Wildman–Crippen MR) is 65.6 cm³/mol. The summed E-state index contributed by atoms with van der Waals surface area (Å²) in [6.45, 7) is 1.78. The number of hydrogen-bond acceptors (Lipinski definition) is 3. The molecule has 16 heavy (non-hydrogen) atoms. The molecular weight excluding hydrogens is 295 g/mol. The molecule has 1 aromatic rings. The first kappa shape index (κ1) is 13.4. The van der Waals surface area contributed by atoms with Gasteiger partial charge in [0.05, 0.1) is 18.2 Å². The van der Waals surface area contributed by atoms with E-state index < -0.39 is 0 Å². The molecule has 0 aliphatic rings. The molecule has 1 unspecified atom stereocenters. The van der Waals surface area contributed by atoms with E-state index >= 15 is 0 Å². The van der Waals surface area contributed by atoms with E-state index in [0.29, 0.717) is 16.5 Å². The quantitative estimate of drug-likeness (QED) is 0.836. The van der Waals surface area contributed by atoms with E-state index in [4.69, 9.17) is 16.7 Å². The van der Waals surface area contributed by atoms with Crippen LogP contribution in [0.5, 0.6) is 0 Å². The Labute approximate surface area is 107 Å². The average molecular weight is 308 g/mol. The number of nitrogens with zero attached hydrogens (tertiary/aromatic N) is 1. The molecule has 0 spiro atoms. The van der Waals surface area contributed by atoms with Crippen molar-refractivity contribution in [2.45, 2.75) is 19.4 Å². The number of halogens is 2. The standard InChI is InChI=1S/C10H12BrClN2O2/c1-2-7(5-15)14-10(16)8-3-6(11)4-13-9(8)12/h3-4,7,15H,2,5H2,1H3,(H,14,16). The molecule has 0 radical (unpaired) electrons. The van der Waals surface area contributed by atoms with Gasteiger partial charge in [-0.2, -0.15) is 0 Å². The zero-order valence-corrected chi connectivity index (χ0v) is 11.0. The molecule has 4 nitrogen and oxygen atoms in total. The van der Waals surface area contributed by atoms with Gasteiger partial charge in [-0.3, -0.25) is 4.79 Å². The number of hydrogen-bond donors (Lipinski definition) is 2. The molecule has 0 aliphatic carbocycles. The van der Waals surface area contributed by atoms with Gasteiger partial charge < -0.3 is 10.4 Å². The summed E-state index contributed by atoms with van der Waals surface area (Å²) in [6, 6.07) is 1.33. The summed E-state index contributed by atoms with van der Waals surface area (Å²) in [7, 11) is 0. The van der Waals surface area contributed by atoms with E-state index in [1.807, 2.05) is 6.92 Å². The van der Waals surface area contributed by atoms with Crippen molar-refractivity contribution < 1.29 is 9.90 Å². The predicted octanol–water partition coefficient (Wildman–Crippen LogP) is 2.00. The van der Waals surface area contributed by atoms with Gasteiger partial charge in [0, 0.05) is 10.7 Å². The van der Waals surface area contributed by atoms with Crippen LogP contribution in [0.15, 0.2) is 16.7 Å². The summed E-state index contributed by atoms with van der Waals surface area (Å²) in [5.74, 6) is -0.334. The second-order valence-corrected chi connectivity index (χ2v) is 4.53. The van der Waals surface area contributed by atoms with E-state index in [2.05, 4.69) is 26.2 Å². The topological polar surface area (TPSA) is 62.2 Å². The van der Waals surface area contributed by atoms with E-state index in [0.717, 1.165) is 0 Å². The number of aliphatic hydroxyl groups is 1. The van der Waals surface area contributed by atoms with Crippen molar-refractivity contribution in [3.05, 3.63) is 27.5 Å². The maximum absolute atomic E-state index is 11.8. The van der Waals surface area contributed by atoms with Crippen LogP contribution in [0.3, 0.4) is 0 Å². The molecular formula is C10H12BrClN2O2. The maximum atomic E-state index is 11.8. The van der Waals surface area contributed by atoms with Crippen LogP contribution in [-0.4, -0.2) is 28.6 Å². The van der Waals surface area contributed by atoms with Crippen molar-refractivity contribution >= 4 is 33.4 Å². The number of aromatic nitrogens is 1. The Balaban J connectivity index is 2.83. The number of aliphatic hydroxyl groups excluding tert-OH is 1. The molecule has 0 aliphatic heterocycles. The van der Waals surface area contributed by atoms with E-state index in [-0.39, 0.29) is 23.7 Å². The summed E-state index contributed by atoms with van der Waals surface area (Å²) < 4.78 is 0.680. The second-order valence-electron chi connectivity index (χ2n) is 3.25. The molecule has 1 heterocycles. The minimum atomic E-state index is -0.334. The van der Waals surface area contributed by atoms with Crippen LogP contribution < -0.4 is 5.32 Å². The van der Waals surface area contributed by atoms with Crippen LogP contribution in [0.2, 0.25) is 5.15 Å². The summed E-state index contributed by atoms with van der Waals surface area (Å²) in [5.41, 5.74) is 0.294. The highest BCUT2D eigenvalue weighted by Gasteiger charge is 2.15. The van der Waals surface area contributed by atoms with Crippen LogP contribution in [-0.2, 0) is 0 Å². The minimum absolute atomic E-state index is 0.0959. The number of rotatable bonds is 4. The molecule has 0 saturated heterocycles. The number of carbonyl (C=O) groups is 1. The number of amides is 1.